The van der Waals surface area contributed by atoms with E-state index in [1.165, 1.54) is 7.11 Å². The van der Waals surface area contributed by atoms with Gasteiger partial charge < -0.3 is 15.8 Å². The number of esters is 1. The number of hydrogen-bond acceptors (Lipinski definition) is 4. The number of carbonyl (C=O) groups excluding carboxylic acids is 2. The highest BCUT2D eigenvalue weighted by molar-refractivity contribution is 5.85. The number of hydrogen-bond donors (Lipinski definition) is 2. The van der Waals surface area contributed by atoms with E-state index in [4.69, 9.17) is 5.73 Å². The Bertz CT molecular complexity index is 271. The van der Waals surface area contributed by atoms with Crippen molar-refractivity contribution >= 4 is 11.9 Å². The predicted octanol–water partition coefficient (Wildman–Crippen LogP) is 0.675. The summed E-state index contributed by atoms with van der Waals surface area (Å²) in [6.07, 6.45) is 0.684. The van der Waals surface area contributed by atoms with Crippen molar-refractivity contribution in [2.75, 3.05) is 13.7 Å². The molecule has 0 radical (unpaired) electrons. The molecule has 0 rings (SSSR count). The van der Waals surface area contributed by atoms with E-state index in [-0.39, 0.29) is 23.8 Å². The molecule has 17 heavy (non-hydrogen) atoms. The van der Waals surface area contributed by atoms with Crippen LogP contribution < -0.4 is 11.1 Å². The zero-order chi connectivity index (χ0) is 13.6. The fourth-order valence-corrected chi connectivity index (χ4v) is 1.59. The van der Waals surface area contributed by atoms with Crippen LogP contribution in [0.4, 0.5) is 0 Å². The lowest BCUT2D eigenvalue weighted by atomic mass is 9.84. The summed E-state index contributed by atoms with van der Waals surface area (Å²) in [6, 6.07) is -0.637. The first-order chi connectivity index (χ1) is 7.71. The monoisotopic (exact) mass is 244 g/mol. The van der Waals surface area contributed by atoms with Crippen molar-refractivity contribution in [3.8, 4) is 0 Å². The van der Waals surface area contributed by atoms with Crippen molar-refractivity contribution in [2.24, 2.45) is 17.1 Å². The molecule has 0 heterocycles. The van der Waals surface area contributed by atoms with Crippen LogP contribution in [-0.4, -0.2) is 31.6 Å². The summed E-state index contributed by atoms with van der Waals surface area (Å²) >= 11 is 0. The molecule has 0 spiro atoms. The van der Waals surface area contributed by atoms with E-state index < -0.39 is 12.0 Å². The summed E-state index contributed by atoms with van der Waals surface area (Å²) < 4.78 is 4.54. The molecule has 2 unspecified atom stereocenters. The normalized spacial score (nSPS) is 14.9. The second kappa shape index (κ2) is 6.59. The highest BCUT2D eigenvalue weighted by Crippen LogP contribution is 2.24. The molecule has 0 bridgehead atoms. The van der Waals surface area contributed by atoms with Crippen LogP contribution in [0.25, 0.3) is 0 Å². The van der Waals surface area contributed by atoms with Gasteiger partial charge in [-0.1, -0.05) is 20.8 Å². The van der Waals surface area contributed by atoms with E-state index >= 15 is 0 Å². The topological polar surface area (TPSA) is 81.4 Å². The lowest BCUT2D eigenvalue weighted by molar-refractivity contribution is -0.145. The minimum Gasteiger partial charge on any atom is -0.467 e. The molecular weight excluding hydrogens is 220 g/mol. The van der Waals surface area contributed by atoms with Gasteiger partial charge in [-0.25, -0.2) is 4.79 Å². The summed E-state index contributed by atoms with van der Waals surface area (Å²) in [5, 5.41) is 2.61. The number of nitrogens with one attached hydrogen (secondary N) is 1. The minimum atomic E-state index is -0.637. The zero-order valence-electron chi connectivity index (χ0n) is 11.4. The van der Waals surface area contributed by atoms with Gasteiger partial charge in [0, 0.05) is 6.54 Å². The van der Waals surface area contributed by atoms with Crippen LogP contribution >= 0.6 is 0 Å². The summed E-state index contributed by atoms with van der Waals surface area (Å²) in [5.74, 6) is -0.924. The van der Waals surface area contributed by atoms with Gasteiger partial charge in [-0.3, -0.25) is 4.79 Å². The Morgan fingerprint density at radius 2 is 1.88 bits per heavy atom. The van der Waals surface area contributed by atoms with Crippen LogP contribution in [0.1, 0.15) is 34.1 Å². The van der Waals surface area contributed by atoms with Gasteiger partial charge in [0.25, 0.3) is 0 Å². The number of amides is 1. The van der Waals surface area contributed by atoms with Gasteiger partial charge >= 0.3 is 5.97 Å². The molecule has 2 atom stereocenters. The molecule has 3 N–H and O–H groups in total. The molecule has 0 aromatic rings. The lowest BCUT2D eigenvalue weighted by Crippen LogP contribution is -2.44. The number of carbonyl (C=O) groups is 2. The second-order valence-corrected chi connectivity index (χ2v) is 5.45. The number of nitrogens with two attached hydrogens (primary N) is 1. The molecule has 0 aliphatic heterocycles. The van der Waals surface area contributed by atoms with Crippen molar-refractivity contribution in [1.29, 1.82) is 0 Å². The maximum Gasteiger partial charge on any atom is 0.328 e. The lowest BCUT2D eigenvalue weighted by Gasteiger charge is -2.25. The van der Waals surface area contributed by atoms with Crippen LogP contribution in [0, 0.1) is 11.3 Å². The van der Waals surface area contributed by atoms with Crippen molar-refractivity contribution < 1.29 is 14.3 Å². The number of rotatable bonds is 5. The Kier molecular flexibility index (Phi) is 6.16. The van der Waals surface area contributed by atoms with Crippen molar-refractivity contribution in [3.05, 3.63) is 0 Å². The SMILES string of the molecule is COC(=O)C(C)NC(=O)C(CN)CC(C)(C)C. The van der Waals surface area contributed by atoms with Gasteiger partial charge in [0.1, 0.15) is 6.04 Å². The molecule has 0 aromatic carbocycles. The van der Waals surface area contributed by atoms with Crippen molar-refractivity contribution in [2.45, 2.75) is 40.2 Å². The molecule has 0 saturated carbocycles. The van der Waals surface area contributed by atoms with Crippen LogP contribution in [0.15, 0.2) is 0 Å². The largest absolute Gasteiger partial charge is 0.467 e. The number of ether oxygens (including phenoxy) is 1. The molecule has 0 aliphatic rings. The van der Waals surface area contributed by atoms with Crippen molar-refractivity contribution in [3.63, 3.8) is 0 Å². The molecule has 5 heteroatoms. The highest BCUT2D eigenvalue weighted by Gasteiger charge is 2.26. The van der Waals surface area contributed by atoms with Gasteiger partial charge in [0.2, 0.25) is 5.91 Å². The molecular formula is C12H24N2O3. The Labute approximate surface area is 103 Å². The van der Waals surface area contributed by atoms with Gasteiger partial charge in [-0.05, 0) is 18.8 Å². The van der Waals surface area contributed by atoms with E-state index in [0.29, 0.717) is 6.42 Å². The smallest absolute Gasteiger partial charge is 0.328 e. The summed E-state index contributed by atoms with van der Waals surface area (Å²) in [6.45, 7) is 8.01. The van der Waals surface area contributed by atoms with Gasteiger partial charge in [-0.15, -0.1) is 0 Å². The Morgan fingerprint density at radius 3 is 2.24 bits per heavy atom. The fourth-order valence-electron chi connectivity index (χ4n) is 1.59. The second-order valence-electron chi connectivity index (χ2n) is 5.45. The third-order valence-electron chi connectivity index (χ3n) is 2.43. The van der Waals surface area contributed by atoms with E-state index in [1.54, 1.807) is 6.92 Å². The molecule has 0 saturated heterocycles. The highest BCUT2D eigenvalue weighted by atomic mass is 16.5. The van der Waals surface area contributed by atoms with Crippen LogP contribution in [0.2, 0.25) is 0 Å². The number of methoxy groups -OCH3 is 1. The predicted molar refractivity (Wildman–Crippen MR) is 66.2 cm³/mol. The molecule has 5 nitrogen and oxygen atoms in total. The molecule has 0 aromatic heterocycles. The Balaban J connectivity index is 4.41. The summed E-state index contributed by atoms with van der Waals surface area (Å²) in [7, 11) is 1.29. The zero-order valence-corrected chi connectivity index (χ0v) is 11.4. The molecule has 1 amide bonds. The first kappa shape index (κ1) is 15.9. The summed E-state index contributed by atoms with van der Waals surface area (Å²) in [4.78, 5) is 23.1. The quantitative estimate of drug-likeness (QED) is 0.697. The van der Waals surface area contributed by atoms with Crippen LogP contribution in [-0.2, 0) is 14.3 Å². The molecule has 100 valence electrons. The van der Waals surface area contributed by atoms with E-state index in [1.807, 2.05) is 20.8 Å². The maximum atomic E-state index is 11.9. The average molecular weight is 244 g/mol. The fraction of sp³-hybridized carbons (Fsp3) is 0.833. The third-order valence-corrected chi connectivity index (χ3v) is 2.43. The van der Waals surface area contributed by atoms with Gasteiger partial charge in [0.15, 0.2) is 0 Å². The maximum absolute atomic E-state index is 11.9. The minimum absolute atomic E-state index is 0.0237. The van der Waals surface area contributed by atoms with E-state index in [0.717, 1.165) is 0 Å². The standard InChI is InChI=1S/C12H24N2O3/c1-8(11(16)17-5)14-10(15)9(7-13)6-12(2,3)4/h8-9H,6-7,13H2,1-5H3,(H,14,15). The molecule has 0 aliphatic carbocycles. The van der Waals surface area contributed by atoms with E-state index in [9.17, 15) is 9.59 Å². The first-order valence-electron chi connectivity index (χ1n) is 5.79. The Hall–Kier alpha value is -1.10. The third kappa shape index (κ3) is 6.26. The average Bonchev–Trinajstić information content (AvgIpc) is 2.23. The van der Waals surface area contributed by atoms with Crippen molar-refractivity contribution in [1.82, 2.24) is 5.32 Å². The molecule has 0 fully saturated rings. The van der Waals surface area contributed by atoms with Gasteiger partial charge in [0.05, 0.1) is 13.0 Å². The van der Waals surface area contributed by atoms with Crippen LogP contribution in [0.5, 0.6) is 0 Å². The van der Waals surface area contributed by atoms with Gasteiger partial charge in [-0.2, -0.15) is 0 Å². The first-order valence-corrected chi connectivity index (χ1v) is 5.79. The van der Waals surface area contributed by atoms with Crippen LogP contribution in [0.3, 0.4) is 0 Å². The Morgan fingerprint density at radius 1 is 1.35 bits per heavy atom. The van der Waals surface area contributed by atoms with E-state index in [2.05, 4.69) is 10.1 Å². The summed E-state index contributed by atoms with van der Waals surface area (Å²) in [5.41, 5.74) is 5.61.